The molecule has 0 aromatic heterocycles. The number of hydrogen-bond acceptors (Lipinski definition) is 3. The van der Waals surface area contributed by atoms with Crippen LogP contribution in [0, 0.1) is 0 Å². The van der Waals surface area contributed by atoms with Gasteiger partial charge in [-0.25, -0.2) is 4.79 Å². The minimum Gasteiger partial charge on any atom is -0.478 e. The molecule has 0 aliphatic heterocycles. The summed E-state index contributed by atoms with van der Waals surface area (Å²) in [6.07, 6.45) is 0. The Balaban J connectivity index is 0.000000185. The van der Waals surface area contributed by atoms with E-state index in [1.165, 1.54) is 6.07 Å². The van der Waals surface area contributed by atoms with Crippen molar-refractivity contribution >= 4 is 26.9 Å². The molecule has 0 fully saturated rings. The molecule has 0 saturated carbocycles. The molecule has 3 aromatic carbocycles. The van der Waals surface area contributed by atoms with Gasteiger partial charge in [0.15, 0.2) is 0 Å². The summed E-state index contributed by atoms with van der Waals surface area (Å²) < 4.78 is 31.0. The van der Waals surface area contributed by atoms with Gasteiger partial charge in [0, 0.05) is 5.39 Å². The molecule has 0 atom stereocenters. The Hall–Kier alpha value is -2.70. The number of hydrogen-bond donors (Lipinski definition) is 2. The van der Waals surface area contributed by atoms with Gasteiger partial charge >= 0.3 is 5.97 Å². The molecule has 3 rings (SSSR count). The van der Waals surface area contributed by atoms with Crippen LogP contribution in [0.4, 0.5) is 0 Å². The van der Waals surface area contributed by atoms with Crippen molar-refractivity contribution in [2.24, 2.45) is 0 Å². The number of rotatable bonds is 2. The summed E-state index contributed by atoms with van der Waals surface area (Å²) in [7, 11) is -4.13. The van der Waals surface area contributed by atoms with Crippen LogP contribution in [0.2, 0.25) is 0 Å². The summed E-state index contributed by atoms with van der Waals surface area (Å²) in [6.45, 7) is 0. The van der Waals surface area contributed by atoms with E-state index < -0.39 is 16.1 Å². The number of aromatic carboxylic acids is 1. The summed E-state index contributed by atoms with van der Waals surface area (Å²) in [5, 5.41) is 9.72. The van der Waals surface area contributed by atoms with Crippen molar-refractivity contribution in [1.29, 1.82) is 0 Å². The zero-order valence-corrected chi connectivity index (χ0v) is 12.8. The van der Waals surface area contributed by atoms with Gasteiger partial charge < -0.3 is 5.11 Å². The highest BCUT2D eigenvalue weighted by atomic mass is 32.2. The van der Waals surface area contributed by atoms with E-state index in [0.717, 1.165) is 5.39 Å². The minimum absolute atomic E-state index is 0.0457. The first-order valence-electron chi connectivity index (χ1n) is 6.63. The Morgan fingerprint density at radius 1 is 0.783 bits per heavy atom. The van der Waals surface area contributed by atoms with E-state index >= 15 is 0 Å². The quantitative estimate of drug-likeness (QED) is 0.702. The molecule has 0 heterocycles. The first-order valence-corrected chi connectivity index (χ1v) is 8.07. The predicted octanol–water partition coefficient (Wildman–Crippen LogP) is 3.47. The standard InChI is InChI=1S/C10H8O3S.C7H6O2/c11-14(12,13)10-7-3-5-8-4-1-2-6-9(8)10;8-7(9)6-4-2-1-3-5-6/h1-7H,(H,11,12,13);1-5H,(H,8,9). The van der Waals surface area contributed by atoms with Gasteiger partial charge in [-0.2, -0.15) is 8.42 Å². The fraction of sp³-hybridized carbons (Fsp3) is 0. The lowest BCUT2D eigenvalue weighted by molar-refractivity contribution is 0.0697. The molecule has 0 amide bonds. The maximum absolute atomic E-state index is 11.0. The van der Waals surface area contributed by atoms with E-state index in [1.807, 2.05) is 6.07 Å². The average Bonchev–Trinajstić information content (AvgIpc) is 2.55. The van der Waals surface area contributed by atoms with Gasteiger partial charge in [-0.15, -0.1) is 0 Å². The van der Waals surface area contributed by atoms with Crippen molar-refractivity contribution in [1.82, 2.24) is 0 Å². The summed E-state index contributed by atoms with van der Waals surface area (Å²) in [6, 6.07) is 20.1. The van der Waals surface area contributed by atoms with Gasteiger partial charge in [0.1, 0.15) is 4.90 Å². The molecule has 2 N–H and O–H groups in total. The molecule has 0 radical (unpaired) electrons. The van der Waals surface area contributed by atoms with Crippen LogP contribution in [0.5, 0.6) is 0 Å². The minimum atomic E-state index is -4.13. The van der Waals surface area contributed by atoms with Crippen LogP contribution in [0.3, 0.4) is 0 Å². The molecular weight excluding hydrogens is 316 g/mol. The second-order valence-electron chi connectivity index (χ2n) is 4.62. The summed E-state index contributed by atoms with van der Waals surface area (Å²) >= 11 is 0. The second-order valence-corrected chi connectivity index (χ2v) is 6.01. The van der Waals surface area contributed by atoms with Gasteiger partial charge in [-0.05, 0) is 23.6 Å². The second kappa shape index (κ2) is 7.04. The van der Waals surface area contributed by atoms with E-state index in [0.29, 0.717) is 10.9 Å². The lowest BCUT2D eigenvalue weighted by atomic mass is 10.1. The van der Waals surface area contributed by atoms with Crippen molar-refractivity contribution in [3.63, 3.8) is 0 Å². The average molecular weight is 330 g/mol. The zero-order chi connectivity index (χ0) is 16.9. The van der Waals surface area contributed by atoms with Crippen LogP contribution in [-0.2, 0) is 10.1 Å². The molecule has 3 aromatic rings. The third-order valence-corrected chi connectivity index (χ3v) is 3.96. The van der Waals surface area contributed by atoms with Crippen LogP contribution in [0.1, 0.15) is 10.4 Å². The molecule has 118 valence electrons. The van der Waals surface area contributed by atoms with Crippen molar-refractivity contribution in [2.75, 3.05) is 0 Å². The third-order valence-electron chi connectivity index (χ3n) is 3.05. The van der Waals surface area contributed by atoms with Gasteiger partial charge in [-0.1, -0.05) is 54.6 Å². The Morgan fingerprint density at radius 3 is 1.91 bits per heavy atom. The summed E-state index contributed by atoms with van der Waals surface area (Å²) in [4.78, 5) is 10.2. The zero-order valence-electron chi connectivity index (χ0n) is 12.0. The van der Waals surface area contributed by atoms with Crippen molar-refractivity contribution in [3.8, 4) is 0 Å². The van der Waals surface area contributed by atoms with Crippen LogP contribution >= 0.6 is 0 Å². The summed E-state index contributed by atoms with van der Waals surface area (Å²) in [5.41, 5.74) is 0.331. The lowest BCUT2D eigenvalue weighted by Gasteiger charge is -2.02. The highest BCUT2D eigenvalue weighted by Crippen LogP contribution is 2.21. The largest absolute Gasteiger partial charge is 0.478 e. The van der Waals surface area contributed by atoms with E-state index in [-0.39, 0.29) is 4.90 Å². The van der Waals surface area contributed by atoms with Crippen LogP contribution in [0.25, 0.3) is 10.8 Å². The lowest BCUT2D eigenvalue weighted by Crippen LogP contribution is -1.98. The molecule has 23 heavy (non-hydrogen) atoms. The van der Waals surface area contributed by atoms with Gasteiger partial charge in [0.25, 0.3) is 10.1 Å². The van der Waals surface area contributed by atoms with Gasteiger partial charge in [-0.3, -0.25) is 4.55 Å². The Labute approximate surface area is 133 Å². The van der Waals surface area contributed by atoms with E-state index in [9.17, 15) is 13.2 Å². The van der Waals surface area contributed by atoms with E-state index in [1.54, 1.807) is 60.7 Å². The van der Waals surface area contributed by atoms with Crippen molar-refractivity contribution in [2.45, 2.75) is 4.90 Å². The monoisotopic (exact) mass is 330 g/mol. The number of benzene rings is 3. The highest BCUT2D eigenvalue weighted by Gasteiger charge is 2.12. The van der Waals surface area contributed by atoms with Crippen molar-refractivity contribution in [3.05, 3.63) is 78.4 Å². The SMILES string of the molecule is O=C(O)c1ccccc1.O=S(=O)(O)c1cccc2ccccc12. The number of fused-ring (bicyclic) bond motifs is 1. The van der Waals surface area contributed by atoms with Gasteiger partial charge in [0.2, 0.25) is 0 Å². The molecule has 0 spiro atoms. The molecule has 0 unspecified atom stereocenters. The first kappa shape index (κ1) is 16.7. The fourth-order valence-electron chi connectivity index (χ4n) is 2.00. The van der Waals surface area contributed by atoms with Crippen LogP contribution < -0.4 is 0 Å². The van der Waals surface area contributed by atoms with Gasteiger partial charge in [0.05, 0.1) is 5.56 Å². The van der Waals surface area contributed by atoms with Crippen LogP contribution in [0.15, 0.2) is 77.7 Å². The third kappa shape index (κ3) is 4.38. The Kier molecular flexibility index (Phi) is 5.10. The molecular formula is C17H14O5S. The molecule has 0 bridgehead atoms. The number of carboxylic acids is 1. The molecule has 5 nitrogen and oxygen atoms in total. The maximum atomic E-state index is 11.0. The molecule has 0 saturated heterocycles. The van der Waals surface area contributed by atoms with E-state index in [2.05, 4.69) is 0 Å². The van der Waals surface area contributed by atoms with E-state index in [4.69, 9.17) is 9.66 Å². The maximum Gasteiger partial charge on any atom is 0.335 e. The number of carboxylic acid groups (broad SMARTS) is 1. The topological polar surface area (TPSA) is 91.7 Å². The van der Waals surface area contributed by atoms with Crippen molar-refractivity contribution < 1.29 is 22.9 Å². The Morgan fingerprint density at radius 2 is 1.35 bits per heavy atom. The molecule has 0 aliphatic rings. The smallest absolute Gasteiger partial charge is 0.335 e. The first-order chi connectivity index (χ1) is 10.9. The molecule has 6 heteroatoms. The summed E-state index contributed by atoms with van der Waals surface area (Å²) in [5.74, 6) is -0.879. The normalized spacial score (nSPS) is 10.7. The van der Waals surface area contributed by atoms with Crippen LogP contribution in [-0.4, -0.2) is 24.0 Å². The fourth-order valence-corrected chi connectivity index (χ4v) is 2.72. The molecule has 0 aliphatic carbocycles. The Bertz CT molecular complexity index is 913. The highest BCUT2D eigenvalue weighted by molar-refractivity contribution is 7.86. The predicted molar refractivity (Wildman–Crippen MR) is 87.2 cm³/mol. The number of carbonyl (C=O) groups is 1.